The van der Waals surface area contributed by atoms with Gasteiger partial charge in [0, 0.05) is 31.5 Å². The summed E-state index contributed by atoms with van der Waals surface area (Å²) >= 11 is 0. The van der Waals surface area contributed by atoms with Crippen LogP contribution in [0.25, 0.3) is 17.2 Å². The molecule has 168 valence electrons. The fourth-order valence-electron chi connectivity index (χ4n) is 4.30. The number of methoxy groups -OCH3 is 2. The SMILES string of the molecule is CC[C@H]1CCCCN1C(=O)c1cnn(-c2nccc(-c3ccccc3OC)n2)c1COC. The Morgan fingerprint density at radius 1 is 1.19 bits per heavy atom. The minimum absolute atomic E-state index is 0.00395. The minimum Gasteiger partial charge on any atom is -0.496 e. The summed E-state index contributed by atoms with van der Waals surface area (Å²) in [5, 5.41) is 4.48. The summed E-state index contributed by atoms with van der Waals surface area (Å²) in [6.45, 7) is 3.13. The molecule has 1 atom stereocenters. The first-order valence-corrected chi connectivity index (χ1v) is 11.0. The number of carbonyl (C=O) groups excluding carboxylic acids is 1. The second-order valence-corrected chi connectivity index (χ2v) is 7.85. The number of likely N-dealkylation sites (tertiary alicyclic amines) is 1. The summed E-state index contributed by atoms with van der Waals surface area (Å²) in [4.78, 5) is 24.6. The van der Waals surface area contributed by atoms with Crippen molar-refractivity contribution in [3.8, 4) is 23.0 Å². The zero-order chi connectivity index (χ0) is 22.5. The Bertz CT molecular complexity index is 1080. The predicted molar refractivity (Wildman–Crippen MR) is 121 cm³/mol. The fourth-order valence-corrected chi connectivity index (χ4v) is 4.30. The molecule has 0 spiro atoms. The van der Waals surface area contributed by atoms with Gasteiger partial charge in [0.25, 0.3) is 11.9 Å². The van der Waals surface area contributed by atoms with Gasteiger partial charge in [0.2, 0.25) is 0 Å². The van der Waals surface area contributed by atoms with Crippen molar-refractivity contribution in [2.75, 3.05) is 20.8 Å². The van der Waals surface area contributed by atoms with Gasteiger partial charge in [-0.2, -0.15) is 9.78 Å². The highest BCUT2D eigenvalue weighted by atomic mass is 16.5. The van der Waals surface area contributed by atoms with Crippen LogP contribution in [-0.2, 0) is 11.3 Å². The molecular weight excluding hydrogens is 406 g/mol. The second-order valence-electron chi connectivity index (χ2n) is 7.85. The predicted octanol–water partition coefficient (Wildman–Crippen LogP) is 3.89. The van der Waals surface area contributed by atoms with Gasteiger partial charge in [0.05, 0.1) is 36.9 Å². The van der Waals surface area contributed by atoms with Gasteiger partial charge in [-0.25, -0.2) is 9.97 Å². The quantitative estimate of drug-likeness (QED) is 0.560. The molecule has 1 saturated heterocycles. The van der Waals surface area contributed by atoms with Crippen molar-refractivity contribution in [1.82, 2.24) is 24.6 Å². The van der Waals surface area contributed by atoms with Gasteiger partial charge in [-0.15, -0.1) is 0 Å². The Balaban J connectivity index is 1.72. The molecule has 3 aromatic rings. The van der Waals surface area contributed by atoms with E-state index in [-0.39, 0.29) is 18.6 Å². The van der Waals surface area contributed by atoms with E-state index in [1.807, 2.05) is 35.2 Å². The van der Waals surface area contributed by atoms with Crippen LogP contribution in [0.5, 0.6) is 5.75 Å². The Labute approximate surface area is 188 Å². The lowest BCUT2D eigenvalue weighted by Crippen LogP contribution is -2.43. The highest BCUT2D eigenvalue weighted by molar-refractivity contribution is 5.95. The van der Waals surface area contributed by atoms with Crippen LogP contribution in [0.15, 0.2) is 42.7 Å². The number of aromatic nitrogens is 4. The molecule has 0 bridgehead atoms. The first-order chi connectivity index (χ1) is 15.7. The molecule has 1 amide bonds. The highest BCUT2D eigenvalue weighted by Crippen LogP contribution is 2.29. The minimum atomic E-state index is -0.00395. The maximum absolute atomic E-state index is 13.4. The van der Waals surface area contributed by atoms with E-state index in [0.29, 0.717) is 22.9 Å². The van der Waals surface area contributed by atoms with Gasteiger partial charge in [0.1, 0.15) is 5.75 Å². The number of hydrogen-bond donors (Lipinski definition) is 0. The second kappa shape index (κ2) is 9.91. The maximum Gasteiger partial charge on any atom is 0.257 e. The van der Waals surface area contributed by atoms with E-state index in [0.717, 1.165) is 43.5 Å². The van der Waals surface area contributed by atoms with Crippen LogP contribution in [-0.4, -0.2) is 57.4 Å². The molecule has 0 N–H and O–H groups in total. The maximum atomic E-state index is 13.4. The average Bonchev–Trinajstić information content (AvgIpc) is 3.27. The lowest BCUT2D eigenvalue weighted by atomic mass is 9.99. The smallest absolute Gasteiger partial charge is 0.257 e. The van der Waals surface area contributed by atoms with E-state index in [1.165, 1.54) is 0 Å². The number of para-hydroxylation sites is 1. The van der Waals surface area contributed by atoms with Crippen molar-refractivity contribution in [1.29, 1.82) is 0 Å². The average molecular weight is 436 g/mol. The van der Waals surface area contributed by atoms with Gasteiger partial charge in [-0.1, -0.05) is 19.1 Å². The monoisotopic (exact) mass is 435 g/mol. The first-order valence-electron chi connectivity index (χ1n) is 11.0. The van der Waals surface area contributed by atoms with Crippen LogP contribution in [0.1, 0.15) is 48.7 Å². The van der Waals surface area contributed by atoms with E-state index in [2.05, 4.69) is 17.0 Å². The van der Waals surface area contributed by atoms with Crippen molar-refractivity contribution in [3.05, 3.63) is 54.0 Å². The Kier molecular flexibility index (Phi) is 6.80. The summed E-state index contributed by atoms with van der Waals surface area (Å²) in [5.74, 6) is 1.10. The number of ether oxygens (including phenoxy) is 2. The Morgan fingerprint density at radius 3 is 2.81 bits per heavy atom. The number of nitrogens with zero attached hydrogens (tertiary/aromatic N) is 5. The molecule has 4 rings (SSSR count). The molecule has 1 aromatic carbocycles. The Morgan fingerprint density at radius 2 is 2.03 bits per heavy atom. The summed E-state index contributed by atoms with van der Waals surface area (Å²) in [7, 11) is 3.24. The number of amides is 1. The van der Waals surface area contributed by atoms with Crippen LogP contribution in [0.2, 0.25) is 0 Å². The van der Waals surface area contributed by atoms with Crippen molar-refractivity contribution >= 4 is 5.91 Å². The van der Waals surface area contributed by atoms with Crippen LogP contribution >= 0.6 is 0 Å². The number of hydrogen-bond acceptors (Lipinski definition) is 6. The molecule has 0 unspecified atom stereocenters. The topological polar surface area (TPSA) is 82.4 Å². The van der Waals surface area contributed by atoms with Gasteiger partial charge in [0.15, 0.2) is 0 Å². The van der Waals surface area contributed by atoms with Gasteiger partial charge in [-0.3, -0.25) is 4.79 Å². The molecule has 8 nitrogen and oxygen atoms in total. The highest BCUT2D eigenvalue weighted by Gasteiger charge is 2.30. The normalized spacial score (nSPS) is 16.2. The van der Waals surface area contributed by atoms with E-state index in [9.17, 15) is 4.79 Å². The van der Waals surface area contributed by atoms with Crippen LogP contribution in [0.4, 0.5) is 0 Å². The third-order valence-corrected chi connectivity index (χ3v) is 5.95. The Hall–Kier alpha value is -3.26. The molecule has 2 aromatic heterocycles. The van der Waals surface area contributed by atoms with Crippen LogP contribution in [0, 0.1) is 0 Å². The first kappa shape index (κ1) is 22.0. The van der Waals surface area contributed by atoms with Crippen LogP contribution in [0.3, 0.4) is 0 Å². The standard InChI is InChI=1S/C24H29N5O3/c1-4-17-9-7-8-14-28(17)23(30)19-15-26-29(21(19)16-31-2)24-25-13-12-20(27-24)18-10-5-6-11-22(18)32-3/h5-6,10-13,15,17H,4,7-9,14,16H2,1-3H3/t17-/m0/s1. The van der Waals surface area contributed by atoms with Crippen LogP contribution < -0.4 is 4.74 Å². The lowest BCUT2D eigenvalue weighted by molar-refractivity contribution is 0.0603. The molecule has 0 aliphatic carbocycles. The van der Waals surface area contributed by atoms with E-state index in [4.69, 9.17) is 14.5 Å². The molecule has 0 saturated carbocycles. The van der Waals surface area contributed by atoms with Crippen molar-refractivity contribution in [2.45, 2.75) is 45.3 Å². The largest absolute Gasteiger partial charge is 0.496 e. The van der Waals surface area contributed by atoms with Crippen molar-refractivity contribution in [2.24, 2.45) is 0 Å². The zero-order valence-electron chi connectivity index (χ0n) is 18.8. The summed E-state index contributed by atoms with van der Waals surface area (Å²) < 4.78 is 12.5. The number of carbonyl (C=O) groups is 1. The number of rotatable bonds is 7. The molecule has 32 heavy (non-hydrogen) atoms. The molecular formula is C24H29N5O3. The molecule has 1 aliphatic rings. The van der Waals surface area contributed by atoms with Gasteiger partial charge < -0.3 is 14.4 Å². The summed E-state index contributed by atoms with van der Waals surface area (Å²) in [5.41, 5.74) is 2.75. The molecule has 8 heteroatoms. The van der Waals surface area contributed by atoms with E-state index in [1.54, 1.807) is 31.3 Å². The van der Waals surface area contributed by atoms with E-state index >= 15 is 0 Å². The van der Waals surface area contributed by atoms with Crippen molar-refractivity contribution < 1.29 is 14.3 Å². The zero-order valence-corrected chi connectivity index (χ0v) is 18.8. The molecule has 0 radical (unpaired) electrons. The van der Waals surface area contributed by atoms with E-state index < -0.39 is 0 Å². The lowest BCUT2D eigenvalue weighted by Gasteiger charge is -2.35. The third-order valence-electron chi connectivity index (χ3n) is 5.95. The molecule has 3 heterocycles. The molecule has 1 aliphatic heterocycles. The third kappa shape index (κ3) is 4.23. The van der Waals surface area contributed by atoms with Crippen molar-refractivity contribution in [3.63, 3.8) is 0 Å². The number of piperidine rings is 1. The van der Waals surface area contributed by atoms with Gasteiger partial charge in [-0.05, 0) is 43.9 Å². The summed E-state index contributed by atoms with van der Waals surface area (Å²) in [6.07, 6.45) is 7.47. The fraction of sp³-hybridized carbons (Fsp3) is 0.417. The van der Waals surface area contributed by atoms with Gasteiger partial charge >= 0.3 is 0 Å². The summed E-state index contributed by atoms with van der Waals surface area (Å²) in [6, 6.07) is 9.77. The number of benzene rings is 1. The molecule has 1 fully saturated rings.